The molecule has 0 atom stereocenters. The predicted octanol–water partition coefficient (Wildman–Crippen LogP) is 3.73. The van der Waals surface area contributed by atoms with Gasteiger partial charge in [-0.15, -0.1) is 0 Å². The van der Waals surface area contributed by atoms with Crippen LogP contribution in [0.25, 0.3) is 0 Å². The minimum absolute atomic E-state index is 0.0437. The van der Waals surface area contributed by atoms with E-state index in [0.717, 1.165) is 0 Å². The lowest BCUT2D eigenvalue weighted by atomic mass is 10.1. The molecule has 4 nitrogen and oxygen atoms in total. The molecule has 22 heavy (non-hydrogen) atoms. The van der Waals surface area contributed by atoms with Crippen LogP contribution >= 0.6 is 11.6 Å². The molecule has 6 heteroatoms. The molecule has 2 aromatic carbocycles. The monoisotopic (exact) mass is 320 g/mol. The average Bonchev–Trinajstić information content (AvgIpc) is 2.47. The highest BCUT2D eigenvalue weighted by Gasteiger charge is 2.06. The van der Waals surface area contributed by atoms with Crippen LogP contribution in [-0.2, 0) is 4.79 Å². The molecule has 0 heterocycles. The van der Waals surface area contributed by atoms with Crippen molar-refractivity contribution in [3.8, 4) is 0 Å². The maximum absolute atomic E-state index is 13.5. The topological polar surface area (TPSA) is 58.2 Å². The van der Waals surface area contributed by atoms with Crippen LogP contribution in [0.3, 0.4) is 0 Å². The number of benzene rings is 2. The molecule has 0 unspecified atom stereocenters. The molecule has 114 valence electrons. The standard InChI is InChI=1S/C16H14ClFN2O2/c1-10(21)11-2-5-13(6-3-11)20-16(22)9-19-15-7-4-12(17)8-14(15)18/h2-8,19H,9H2,1H3,(H,20,22). The van der Waals surface area contributed by atoms with E-state index in [9.17, 15) is 14.0 Å². The lowest BCUT2D eigenvalue weighted by Gasteiger charge is -2.09. The minimum Gasteiger partial charge on any atom is -0.374 e. The molecule has 2 N–H and O–H groups in total. The van der Waals surface area contributed by atoms with E-state index in [0.29, 0.717) is 11.3 Å². The molecule has 0 aliphatic carbocycles. The van der Waals surface area contributed by atoms with E-state index in [1.807, 2.05) is 0 Å². The van der Waals surface area contributed by atoms with E-state index in [2.05, 4.69) is 10.6 Å². The highest BCUT2D eigenvalue weighted by atomic mass is 35.5. The molecule has 0 radical (unpaired) electrons. The van der Waals surface area contributed by atoms with E-state index in [1.54, 1.807) is 24.3 Å². The van der Waals surface area contributed by atoms with Gasteiger partial charge in [0.1, 0.15) is 5.82 Å². The van der Waals surface area contributed by atoms with Crippen molar-refractivity contribution < 1.29 is 14.0 Å². The van der Waals surface area contributed by atoms with E-state index < -0.39 is 5.82 Å². The van der Waals surface area contributed by atoms with Gasteiger partial charge in [-0.2, -0.15) is 0 Å². The van der Waals surface area contributed by atoms with Crippen molar-refractivity contribution in [1.82, 2.24) is 0 Å². The highest BCUT2D eigenvalue weighted by molar-refractivity contribution is 6.30. The summed E-state index contributed by atoms with van der Waals surface area (Å²) in [6.45, 7) is 1.38. The van der Waals surface area contributed by atoms with Crippen molar-refractivity contribution in [1.29, 1.82) is 0 Å². The Hall–Kier alpha value is -2.40. The Bertz CT molecular complexity index is 702. The normalized spacial score (nSPS) is 10.1. The van der Waals surface area contributed by atoms with E-state index in [1.165, 1.54) is 25.1 Å². The zero-order chi connectivity index (χ0) is 16.1. The number of ketones is 1. The molecule has 0 spiro atoms. The van der Waals surface area contributed by atoms with Gasteiger partial charge in [0.25, 0.3) is 0 Å². The average molecular weight is 321 g/mol. The Morgan fingerprint density at radius 2 is 1.82 bits per heavy atom. The van der Waals surface area contributed by atoms with Gasteiger partial charge in [-0.3, -0.25) is 9.59 Å². The minimum atomic E-state index is -0.522. The maximum Gasteiger partial charge on any atom is 0.243 e. The fourth-order valence-electron chi connectivity index (χ4n) is 1.80. The first kappa shape index (κ1) is 16.0. The molecule has 0 fully saturated rings. The van der Waals surface area contributed by atoms with E-state index >= 15 is 0 Å². The lowest BCUT2D eigenvalue weighted by molar-refractivity contribution is -0.114. The Labute approximate surface area is 132 Å². The van der Waals surface area contributed by atoms with Crippen molar-refractivity contribution in [2.24, 2.45) is 0 Å². The number of amides is 1. The SMILES string of the molecule is CC(=O)c1ccc(NC(=O)CNc2ccc(Cl)cc2F)cc1. The van der Waals surface area contributed by atoms with Crippen LogP contribution in [0, 0.1) is 5.82 Å². The van der Waals surface area contributed by atoms with Crippen LogP contribution in [0.5, 0.6) is 0 Å². The summed E-state index contributed by atoms with van der Waals surface area (Å²) in [5.74, 6) is -0.895. The molecular formula is C16H14ClFN2O2. The number of Topliss-reactive ketones (excluding diaryl/α,β-unsaturated/α-hetero) is 1. The quantitative estimate of drug-likeness (QED) is 0.825. The first-order valence-corrected chi connectivity index (χ1v) is 6.93. The number of anilines is 2. The third-order valence-electron chi connectivity index (χ3n) is 2.95. The molecular weight excluding hydrogens is 307 g/mol. The number of nitrogens with one attached hydrogen (secondary N) is 2. The second-order valence-electron chi connectivity index (χ2n) is 4.66. The fraction of sp³-hybridized carbons (Fsp3) is 0.125. The third-order valence-corrected chi connectivity index (χ3v) is 3.18. The van der Waals surface area contributed by atoms with Crippen LogP contribution in [0.4, 0.5) is 15.8 Å². The van der Waals surface area contributed by atoms with Crippen LogP contribution in [0.15, 0.2) is 42.5 Å². The summed E-state index contributed by atoms with van der Waals surface area (Å²) in [7, 11) is 0. The Morgan fingerprint density at radius 3 is 2.41 bits per heavy atom. The molecule has 1 amide bonds. The van der Waals surface area contributed by atoms with Gasteiger partial charge in [-0.1, -0.05) is 11.6 Å². The molecule has 0 saturated heterocycles. The maximum atomic E-state index is 13.5. The summed E-state index contributed by atoms with van der Waals surface area (Å²) >= 11 is 5.65. The highest BCUT2D eigenvalue weighted by Crippen LogP contribution is 2.18. The van der Waals surface area contributed by atoms with Crippen molar-refractivity contribution in [2.45, 2.75) is 6.92 Å². The zero-order valence-electron chi connectivity index (χ0n) is 11.8. The van der Waals surface area contributed by atoms with Gasteiger partial charge in [0, 0.05) is 16.3 Å². The Balaban J connectivity index is 1.91. The summed E-state index contributed by atoms with van der Waals surface area (Å²) in [5, 5.41) is 5.63. The molecule has 0 aliphatic rings. The smallest absolute Gasteiger partial charge is 0.243 e. The van der Waals surface area contributed by atoms with Gasteiger partial charge in [0.15, 0.2) is 5.78 Å². The van der Waals surface area contributed by atoms with Gasteiger partial charge in [0.05, 0.1) is 12.2 Å². The second-order valence-corrected chi connectivity index (χ2v) is 5.10. The summed E-state index contributed by atoms with van der Waals surface area (Å²) < 4.78 is 13.5. The summed E-state index contributed by atoms with van der Waals surface area (Å²) in [6, 6.07) is 10.7. The van der Waals surface area contributed by atoms with Gasteiger partial charge in [-0.25, -0.2) is 4.39 Å². The van der Waals surface area contributed by atoms with Crippen molar-refractivity contribution in [2.75, 3.05) is 17.2 Å². The Morgan fingerprint density at radius 1 is 1.14 bits per heavy atom. The molecule has 2 aromatic rings. The van der Waals surface area contributed by atoms with Gasteiger partial charge in [0.2, 0.25) is 5.91 Å². The molecule has 0 bridgehead atoms. The predicted molar refractivity (Wildman–Crippen MR) is 85.0 cm³/mol. The lowest BCUT2D eigenvalue weighted by Crippen LogP contribution is -2.22. The summed E-state index contributed by atoms with van der Waals surface area (Å²) in [4.78, 5) is 22.9. The zero-order valence-corrected chi connectivity index (χ0v) is 12.6. The first-order valence-electron chi connectivity index (χ1n) is 6.55. The fourth-order valence-corrected chi connectivity index (χ4v) is 1.96. The molecule has 2 rings (SSSR count). The number of rotatable bonds is 5. The number of halogens is 2. The van der Waals surface area contributed by atoms with Crippen molar-refractivity contribution >= 4 is 34.7 Å². The van der Waals surface area contributed by atoms with Crippen molar-refractivity contribution in [3.05, 3.63) is 58.9 Å². The largest absolute Gasteiger partial charge is 0.374 e. The van der Waals surface area contributed by atoms with Crippen LogP contribution in [-0.4, -0.2) is 18.2 Å². The molecule has 0 saturated carbocycles. The van der Waals surface area contributed by atoms with Crippen molar-refractivity contribution in [3.63, 3.8) is 0 Å². The van der Waals surface area contributed by atoms with Gasteiger partial charge < -0.3 is 10.6 Å². The van der Waals surface area contributed by atoms with E-state index in [4.69, 9.17) is 11.6 Å². The van der Waals surface area contributed by atoms with Gasteiger partial charge in [-0.05, 0) is 49.4 Å². The molecule has 0 aromatic heterocycles. The van der Waals surface area contributed by atoms with Crippen LogP contribution < -0.4 is 10.6 Å². The molecule has 0 aliphatic heterocycles. The van der Waals surface area contributed by atoms with E-state index in [-0.39, 0.29) is 28.9 Å². The number of carbonyl (C=O) groups excluding carboxylic acids is 2. The first-order chi connectivity index (χ1) is 10.5. The number of hydrogen-bond donors (Lipinski definition) is 2. The number of hydrogen-bond acceptors (Lipinski definition) is 3. The number of carbonyl (C=O) groups is 2. The second kappa shape index (κ2) is 7.04. The summed E-state index contributed by atoms with van der Waals surface area (Å²) in [6.07, 6.45) is 0. The van der Waals surface area contributed by atoms with Gasteiger partial charge >= 0.3 is 0 Å². The van der Waals surface area contributed by atoms with Crippen LogP contribution in [0.1, 0.15) is 17.3 Å². The van der Waals surface area contributed by atoms with Crippen LogP contribution in [0.2, 0.25) is 5.02 Å². The summed E-state index contributed by atoms with van der Waals surface area (Å²) in [5.41, 5.74) is 1.33. The third kappa shape index (κ3) is 4.30. The Kier molecular flexibility index (Phi) is 5.12.